The van der Waals surface area contributed by atoms with Crippen molar-refractivity contribution in [2.24, 2.45) is 0 Å². The summed E-state index contributed by atoms with van der Waals surface area (Å²) in [6.07, 6.45) is 4.37. The van der Waals surface area contributed by atoms with Crippen molar-refractivity contribution in [2.75, 3.05) is 12.8 Å². The maximum absolute atomic E-state index is 14.2. The first-order valence-electron chi connectivity index (χ1n) is 7.74. The summed E-state index contributed by atoms with van der Waals surface area (Å²) >= 11 is 1.34. The molecule has 0 unspecified atom stereocenters. The quantitative estimate of drug-likeness (QED) is 0.854. The van der Waals surface area contributed by atoms with E-state index in [4.69, 9.17) is 0 Å². The molecule has 1 aromatic heterocycles. The maximum atomic E-state index is 14.2. The van der Waals surface area contributed by atoms with Gasteiger partial charge in [-0.3, -0.25) is 9.36 Å². The molecule has 1 aromatic carbocycles. The van der Waals surface area contributed by atoms with Crippen LogP contribution in [0.25, 0.3) is 11.4 Å². The highest BCUT2D eigenvalue weighted by Gasteiger charge is 2.26. The lowest BCUT2D eigenvalue weighted by molar-refractivity contribution is -0.118. The van der Waals surface area contributed by atoms with Gasteiger partial charge in [-0.2, -0.15) is 0 Å². The Labute approximate surface area is 138 Å². The Bertz CT molecular complexity index is 697. The lowest BCUT2D eigenvalue weighted by Gasteiger charge is -2.17. The molecule has 0 saturated heterocycles. The number of hydrogen-bond acceptors (Lipinski definition) is 4. The average Bonchev–Trinajstić information content (AvgIpc) is 3.22. The zero-order valence-corrected chi connectivity index (χ0v) is 13.8. The van der Waals surface area contributed by atoms with E-state index in [1.165, 1.54) is 17.8 Å². The molecule has 1 aliphatic rings. The fourth-order valence-electron chi connectivity index (χ4n) is 2.90. The largest absolute Gasteiger partial charge is 0.358 e. The molecule has 1 amide bonds. The number of carbonyl (C=O) groups excluding carboxylic acids is 1. The Kier molecular flexibility index (Phi) is 4.95. The Morgan fingerprint density at radius 1 is 1.35 bits per heavy atom. The predicted molar refractivity (Wildman–Crippen MR) is 87.7 cm³/mol. The zero-order valence-electron chi connectivity index (χ0n) is 13.0. The van der Waals surface area contributed by atoms with Crippen molar-refractivity contribution in [3.05, 3.63) is 30.1 Å². The van der Waals surface area contributed by atoms with E-state index >= 15 is 0 Å². The molecular weight excluding hydrogens is 315 g/mol. The van der Waals surface area contributed by atoms with Crippen LogP contribution in [0.15, 0.2) is 29.4 Å². The molecule has 122 valence electrons. The van der Waals surface area contributed by atoms with Crippen LogP contribution in [0.5, 0.6) is 0 Å². The van der Waals surface area contributed by atoms with Crippen LogP contribution in [-0.4, -0.2) is 33.5 Å². The van der Waals surface area contributed by atoms with Gasteiger partial charge in [0.1, 0.15) is 5.82 Å². The normalized spacial score (nSPS) is 15.0. The standard InChI is InChI=1S/C16H19FN4OS/c1-18-14(22)10-23-16-20-19-15(12-8-4-5-9-13(12)17)21(16)11-6-2-3-7-11/h4-5,8-9,11H,2-3,6-7,10H2,1H3,(H,18,22). The first-order chi connectivity index (χ1) is 11.2. The summed E-state index contributed by atoms with van der Waals surface area (Å²) in [6.45, 7) is 0. The minimum atomic E-state index is -0.304. The van der Waals surface area contributed by atoms with Gasteiger partial charge in [0.15, 0.2) is 11.0 Å². The van der Waals surface area contributed by atoms with E-state index in [0.717, 1.165) is 25.7 Å². The smallest absolute Gasteiger partial charge is 0.230 e. The Balaban J connectivity index is 1.97. The molecule has 1 N–H and O–H groups in total. The van der Waals surface area contributed by atoms with Gasteiger partial charge < -0.3 is 5.32 Å². The summed E-state index contributed by atoms with van der Waals surface area (Å²) in [6, 6.07) is 6.88. The Hall–Kier alpha value is -1.89. The third-order valence-electron chi connectivity index (χ3n) is 4.08. The van der Waals surface area contributed by atoms with Crippen molar-refractivity contribution in [3.63, 3.8) is 0 Å². The van der Waals surface area contributed by atoms with Gasteiger partial charge in [-0.15, -0.1) is 10.2 Å². The van der Waals surface area contributed by atoms with Gasteiger partial charge in [0.2, 0.25) is 5.91 Å². The second-order valence-corrected chi connectivity index (χ2v) is 6.50. The van der Waals surface area contributed by atoms with Gasteiger partial charge in [0, 0.05) is 13.1 Å². The first kappa shape index (κ1) is 16.0. The molecule has 5 nitrogen and oxygen atoms in total. The summed E-state index contributed by atoms with van der Waals surface area (Å²) in [5.41, 5.74) is 0.457. The van der Waals surface area contributed by atoms with Gasteiger partial charge in [-0.05, 0) is 25.0 Å². The number of nitrogens with one attached hydrogen (secondary N) is 1. The minimum Gasteiger partial charge on any atom is -0.358 e. The lowest BCUT2D eigenvalue weighted by Crippen LogP contribution is -2.20. The second-order valence-electron chi connectivity index (χ2n) is 5.56. The first-order valence-corrected chi connectivity index (χ1v) is 8.72. The molecule has 0 radical (unpaired) electrons. The summed E-state index contributed by atoms with van der Waals surface area (Å²) in [7, 11) is 1.61. The molecule has 1 aliphatic carbocycles. The summed E-state index contributed by atoms with van der Waals surface area (Å²) < 4.78 is 16.2. The van der Waals surface area contributed by atoms with Crippen LogP contribution in [0.4, 0.5) is 4.39 Å². The monoisotopic (exact) mass is 334 g/mol. The van der Waals surface area contributed by atoms with Crippen LogP contribution in [0.3, 0.4) is 0 Å². The number of nitrogens with zero attached hydrogens (tertiary/aromatic N) is 3. The van der Waals surface area contributed by atoms with Crippen molar-refractivity contribution in [3.8, 4) is 11.4 Å². The molecule has 0 spiro atoms. The van der Waals surface area contributed by atoms with Crippen LogP contribution >= 0.6 is 11.8 Å². The van der Waals surface area contributed by atoms with E-state index in [9.17, 15) is 9.18 Å². The molecule has 0 bridgehead atoms. The molecule has 0 atom stereocenters. The molecule has 1 fully saturated rings. The summed E-state index contributed by atoms with van der Waals surface area (Å²) in [5.74, 6) is 0.457. The van der Waals surface area contributed by atoms with Crippen LogP contribution < -0.4 is 5.32 Å². The Morgan fingerprint density at radius 3 is 2.78 bits per heavy atom. The molecule has 3 rings (SSSR count). The Morgan fingerprint density at radius 2 is 2.09 bits per heavy atom. The summed E-state index contributed by atoms with van der Waals surface area (Å²) in [5, 5.41) is 11.7. The number of benzene rings is 1. The molecule has 7 heteroatoms. The fourth-order valence-corrected chi connectivity index (χ4v) is 3.77. The number of rotatable bonds is 5. The number of aromatic nitrogens is 3. The average molecular weight is 334 g/mol. The molecule has 1 saturated carbocycles. The maximum Gasteiger partial charge on any atom is 0.230 e. The van der Waals surface area contributed by atoms with Crippen molar-refractivity contribution < 1.29 is 9.18 Å². The third kappa shape index (κ3) is 3.39. The van der Waals surface area contributed by atoms with Crippen molar-refractivity contribution in [2.45, 2.75) is 36.9 Å². The molecular formula is C16H19FN4OS. The zero-order chi connectivity index (χ0) is 16.2. The number of halogens is 1. The van der Waals surface area contributed by atoms with E-state index in [1.807, 2.05) is 4.57 Å². The molecule has 0 aliphatic heterocycles. The number of amides is 1. The minimum absolute atomic E-state index is 0.0663. The van der Waals surface area contributed by atoms with E-state index in [1.54, 1.807) is 25.2 Å². The van der Waals surface area contributed by atoms with Gasteiger partial charge in [0.05, 0.1) is 11.3 Å². The number of hydrogen-bond donors (Lipinski definition) is 1. The molecule has 2 aromatic rings. The van der Waals surface area contributed by atoms with Gasteiger partial charge in [0.25, 0.3) is 0 Å². The van der Waals surface area contributed by atoms with Crippen LogP contribution in [0.2, 0.25) is 0 Å². The third-order valence-corrected chi connectivity index (χ3v) is 5.02. The fraction of sp³-hybridized carbons (Fsp3) is 0.438. The second kappa shape index (κ2) is 7.12. The van der Waals surface area contributed by atoms with E-state index < -0.39 is 0 Å². The molecule has 23 heavy (non-hydrogen) atoms. The van der Waals surface area contributed by atoms with Crippen LogP contribution in [0.1, 0.15) is 31.7 Å². The topological polar surface area (TPSA) is 59.8 Å². The number of thioether (sulfide) groups is 1. The highest BCUT2D eigenvalue weighted by Crippen LogP contribution is 2.37. The van der Waals surface area contributed by atoms with Crippen molar-refractivity contribution >= 4 is 17.7 Å². The SMILES string of the molecule is CNC(=O)CSc1nnc(-c2ccccc2F)n1C1CCCC1. The highest BCUT2D eigenvalue weighted by atomic mass is 32.2. The molecule has 1 heterocycles. The van der Waals surface area contributed by atoms with Gasteiger partial charge in [-0.25, -0.2) is 4.39 Å². The predicted octanol–water partition coefficient (Wildman–Crippen LogP) is 3.04. The van der Waals surface area contributed by atoms with Gasteiger partial charge >= 0.3 is 0 Å². The van der Waals surface area contributed by atoms with Crippen molar-refractivity contribution in [1.82, 2.24) is 20.1 Å². The van der Waals surface area contributed by atoms with E-state index in [-0.39, 0.29) is 23.5 Å². The van der Waals surface area contributed by atoms with Crippen LogP contribution in [0, 0.1) is 5.82 Å². The van der Waals surface area contributed by atoms with E-state index in [2.05, 4.69) is 15.5 Å². The van der Waals surface area contributed by atoms with E-state index in [0.29, 0.717) is 16.5 Å². The number of carbonyl (C=O) groups is 1. The lowest BCUT2D eigenvalue weighted by atomic mass is 10.1. The van der Waals surface area contributed by atoms with Crippen molar-refractivity contribution in [1.29, 1.82) is 0 Å². The van der Waals surface area contributed by atoms with Crippen LogP contribution in [-0.2, 0) is 4.79 Å². The summed E-state index contributed by atoms with van der Waals surface area (Å²) in [4.78, 5) is 11.5. The highest BCUT2D eigenvalue weighted by molar-refractivity contribution is 7.99. The van der Waals surface area contributed by atoms with Gasteiger partial charge in [-0.1, -0.05) is 36.7 Å².